The Balaban J connectivity index is 1.82. The van der Waals surface area contributed by atoms with Crippen molar-refractivity contribution in [2.75, 3.05) is 54.9 Å². The van der Waals surface area contributed by atoms with Gasteiger partial charge in [-0.1, -0.05) is 0 Å². The standard InChI is InChI=1S/C19H24N6O/c1-4-25-17-14(6-5-7-20-17)19(26)22-16-13(2)12-15(21-18(16)25)24-10-8-23(3)9-11-24/h5-7,12H,4,8-11H2,1-3H3,(H,22,26). The van der Waals surface area contributed by atoms with Gasteiger partial charge >= 0.3 is 0 Å². The summed E-state index contributed by atoms with van der Waals surface area (Å²) in [6.45, 7) is 8.72. The topological polar surface area (TPSA) is 64.6 Å². The summed E-state index contributed by atoms with van der Waals surface area (Å²) in [5, 5.41) is 3.04. The van der Waals surface area contributed by atoms with Crippen LogP contribution in [0.5, 0.6) is 0 Å². The van der Waals surface area contributed by atoms with Gasteiger partial charge in [0.05, 0.1) is 11.3 Å². The second kappa shape index (κ2) is 6.57. The molecule has 1 amide bonds. The molecule has 2 aromatic rings. The van der Waals surface area contributed by atoms with Gasteiger partial charge in [0, 0.05) is 38.9 Å². The largest absolute Gasteiger partial charge is 0.354 e. The zero-order valence-electron chi connectivity index (χ0n) is 15.5. The first-order chi connectivity index (χ1) is 12.6. The van der Waals surface area contributed by atoms with E-state index in [9.17, 15) is 4.79 Å². The number of amides is 1. The fraction of sp³-hybridized carbons (Fsp3) is 0.421. The van der Waals surface area contributed by atoms with Crippen LogP contribution in [0.2, 0.25) is 0 Å². The van der Waals surface area contributed by atoms with E-state index < -0.39 is 0 Å². The van der Waals surface area contributed by atoms with Crippen LogP contribution in [0.3, 0.4) is 0 Å². The van der Waals surface area contributed by atoms with Gasteiger partial charge in [-0.2, -0.15) is 0 Å². The highest BCUT2D eigenvalue weighted by Gasteiger charge is 2.29. The van der Waals surface area contributed by atoms with E-state index in [1.807, 2.05) is 17.9 Å². The summed E-state index contributed by atoms with van der Waals surface area (Å²) in [5.74, 6) is 2.25. The van der Waals surface area contributed by atoms with E-state index in [0.29, 0.717) is 17.9 Å². The summed E-state index contributed by atoms with van der Waals surface area (Å²) in [4.78, 5) is 28.8. The zero-order valence-corrected chi connectivity index (χ0v) is 15.5. The van der Waals surface area contributed by atoms with Crippen molar-refractivity contribution in [2.45, 2.75) is 13.8 Å². The van der Waals surface area contributed by atoms with E-state index in [2.05, 4.69) is 40.1 Å². The van der Waals surface area contributed by atoms with Crippen LogP contribution in [0.1, 0.15) is 22.8 Å². The number of nitrogens with zero attached hydrogens (tertiary/aromatic N) is 5. The zero-order chi connectivity index (χ0) is 18.3. The molecule has 4 rings (SSSR count). The Bertz CT molecular complexity index is 844. The fourth-order valence-electron chi connectivity index (χ4n) is 3.56. The predicted molar refractivity (Wildman–Crippen MR) is 104 cm³/mol. The van der Waals surface area contributed by atoms with E-state index in [1.54, 1.807) is 12.3 Å². The Labute approximate surface area is 153 Å². The molecule has 2 aromatic heterocycles. The lowest BCUT2D eigenvalue weighted by Gasteiger charge is -2.34. The molecule has 26 heavy (non-hydrogen) atoms. The van der Waals surface area contributed by atoms with E-state index in [1.165, 1.54) is 0 Å². The molecule has 0 aliphatic carbocycles. The minimum absolute atomic E-state index is 0.137. The van der Waals surface area contributed by atoms with Crippen molar-refractivity contribution in [1.29, 1.82) is 0 Å². The maximum Gasteiger partial charge on any atom is 0.259 e. The molecular formula is C19H24N6O. The molecule has 1 fully saturated rings. The highest BCUT2D eigenvalue weighted by Crippen LogP contribution is 2.38. The van der Waals surface area contributed by atoms with Gasteiger partial charge in [0.15, 0.2) is 5.82 Å². The number of hydrogen-bond donors (Lipinski definition) is 1. The second-order valence-electron chi connectivity index (χ2n) is 6.86. The average Bonchev–Trinajstić information content (AvgIpc) is 2.77. The van der Waals surface area contributed by atoms with E-state index in [0.717, 1.165) is 49.1 Å². The van der Waals surface area contributed by atoms with E-state index in [4.69, 9.17) is 4.98 Å². The Morgan fingerprint density at radius 2 is 1.96 bits per heavy atom. The minimum Gasteiger partial charge on any atom is -0.354 e. The Morgan fingerprint density at radius 1 is 1.19 bits per heavy atom. The Morgan fingerprint density at radius 3 is 2.69 bits per heavy atom. The monoisotopic (exact) mass is 352 g/mol. The third-order valence-electron chi connectivity index (χ3n) is 5.11. The molecular weight excluding hydrogens is 328 g/mol. The molecule has 2 aliphatic rings. The third kappa shape index (κ3) is 2.78. The summed E-state index contributed by atoms with van der Waals surface area (Å²) in [6.07, 6.45) is 1.72. The number of pyridine rings is 2. The highest BCUT2D eigenvalue weighted by molar-refractivity contribution is 6.11. The van der Waals surface area contributed by atoms with Gasteiger partial charge in [-0.05, 0) is 44.7 Å². The summed E-state index contributed by atoms with van der Waals surface area (Å²) >= 11 is 0. The van der Waals surface area contributed by atoms with Gasteiger partial charge in [0.2, 0.25) is 0 Å². The van der Waals surface area contributed by atoms with E-state index >= 15 is 0 Å². The number of hydrogen-bond acceptors (Lipinski definition) is 6. The van der Waals surface area contributed by atoms with Crippen LogP contribution < -0.4 is 15.1 Å². The molecule has 7 heteroatoms. The average molecular weight is 352 g/mol. The first-order valence-corrected chi connectivity index (χ1v) is 9.07. The molecule has 136 valence electrons. The second-order valence-corrected chi connectivity index (χ2v) is 6.86. The lowest BCUT2D eigenvalue weighted by atomic mass is 10.2. The molecule has 0 unspecified atom stereocenters. The quantitative estimate of drug-likeness (QED) is 0.894. The number of piperazine rings is 1. The third-order valence-corrected chi connectivity index (χ3v) is 5.11. The lowest BCUT2D eigenvalue weighted by molar-refractivity contribution is 0.102. The molecule has 0 atom stereocenters. The number of aryl methyl sites for hydroxylation is 1. The Hall–Kier alpha value is -2.67. The van der Waals surface area contributed by atoms with Gasteiger partial charge in [0.25, 0.3) is 5.91 Å². The number of nitrogens with one attached hydrogen (secondary N) is 1. The number of fused-ring (bicyclic) bond motifs is 2. The fourth-order valence-corrected chi connectivity index (χ4v) is 3.56. The van der Waals surface area contributed by atoms with Gasteiger partial charge in [-0.3, -0.25) is 4.79 Å². The van der Waals surface area contributed by atoms with Crippen LogP contribution in [0, 0.1) is 6.92 Å². The number of aromatic nitrogens is 2. The molecule has 7 nitrogen and oxygen atoms in total. The number of anilines is 4. The van der Waals surface area contributed by atoms with Crippen LogP contribution in [-0.4, -0.2) is 60.5 Å². The van der Waals surface area contributed by atoms with E-state index in [-0.39, 0.29) is 5.91 Å². The number of carbonyl (C=O) groups excluding carboxylic acids is 1. The molecule has 0 saturated carbocycles. The molecule has 0 aromatic carbocycles. The molecule has 2 aliphatic heterocycles. The van der Waals surface area contributed by atoms with Crippen molar-refractivity contribution in [3.63, 3.8) is 0 Å². The molecule has 4 heterocycles. The van der Waals surface area contributed by atoms with Crippen LogP contribution in [-0.2, 0) is 0 Å². The highest BCUT2D eigenvalue weighted by atomic mass is 16.1. The van der Waals surface area contributed by atoms with Crippen molar-refractivity contribution >= 4 is 29.0 Å². The predicted octanol–water partition coefficient (Wildman–Crippen LogP) is 2.26. The van der Waals surface area contributed by atoms with Crippen LogP contribution >= 0.6 is 0 Å². The summed E-state index contributed by atoms with van der Waals surface area (Å²) < 4.78 is 0. The van der Waals surface area contributed by atoms with Crippen LogP contribution in [0.4, 0.5) is 23.1 Å². The smallest absolute Gasteiger partial charge is 0.259 e. The molecule has 1 saturated heterocycles. The Kier molecular flexibility index (Phi) is 4.24. The first kappa shape index (κ1) is 16.8. The first-order valence-electron chi connectivity index (χ1n) is 9.07. The van der Waals surface area contributed by atoms with Gasteiger partial charge < -0.3 is 20.0 Å². The van der Waals surface area contributed by atoms with Crippen molar-refractivity contribution in [3.05, 3.63) is 35.5 Å². The number of rotatable bonds is 2. The van der Waals surface area contributed by atoms with Gasteiger partial charge in [-0.15, -0.1) is 0 Å². The van der Waals surface area contributed by atoms with Crippen molar-refractivity contribution in [1.82, 2.24) is 14.9 Å². The summed E-state index contributed by atoms with van der Waals surface area (Å²) in [7, 11) is 2.14. The molecule has 1 N–H and O–H groups in total. The van der Waals surface area contributed by atoms with Crippen LogP contribution in [0.25, 0.3) is 0 Å². The van der Waals surface area contributed by atoms with Crippen molar-refractivity contribution in [2.24, 2.45) is 0 Å². The number of likely N-dealkylation sites (N-methyl/N-ethyl adjacent to an activating group) is 1. The number of carbonyl (C=O) groups is 1. The molecule has 0 bridgehead atoms. The maximum absolute atomic E-state index is 12.7. The van der Waals surface area contributed by atoms with Gasteiger partial charge in [0.1, 0.15) is 11.6 Å². The van der Waals surface area contributed by atoms with Crippen molar-refractivity contribution in [3.8, 4) is 0 Å². The SMILES string of the molecule is CCN1c2ncccc2C(=O)Nc2c(C)cc(N3CCN(C)CC3)nc21. The molecule has 0 spiro atoms. The summed E-state index contributed by atoms with van der Waals surface area (Å²) in [6, 6.07) is 5.67. The maximum atomic E-state index is 12.7. The lowest BCUT2D eigenvalue weighted by Crippen LogP contribution is -2.45. The molecule has 0 radical (unpaired) electrons. The van der Waals surface area contributed by atoms with Gasteiger partial charge in [-0.25, -0.2) is 9.97 Å². The van der Waals surface area contributed by atoms with Crippen LogP contribution in [0.15, 0.2) is 24.4 Å². The van der Waals surface area contributed by atoms with Crippen molar-refractivity contribution < 1.29 is 4.79 Å². The summed E-state index contributed by atoms with van der Waals surface area (Å²) in [5.41, 5.74) is 2.36. The normalized spacial score (nSPS) is 17.4. The minimum atomic E-state index is -0.137.